The first kappa shape index (κ1) is 12.5. The van der Waals surface area contributed by atoms with Crippen molar-refractivity contribution in [1.29, 1.82) is 0 Å². The predicted molar refractivity (Wildman–Crippen MR) is 73.1 cm³/mol. The number of hydrogen-bond acceptors (Lipinski definition) is 2. The Morgan fingerprint density at radius 1 is 1.06 bits per heavy atom. The van der Waals surface area contributed by atoms with Crippen LogP contribution in [0.4, 0.5) is 0 Å². The van der Waals surface area contributed by atoms with Crippen LogP contribution < -0.4 is 0 Å². The molecule has 0 saturated carbocycles. The monoisotopic (exact) mass is 239 g/mol. The largest absolute Gasteiger partial charge is 0.298 e. The highest BCUT2D eigenvalue weighted by Crippen LogP contribution is 2.20. The normalized spacial score (nSPS) is 10.4. The lowest BCUT2D eigenvalue weighted by atomic mass is 9.94. The number of carbonyl (C=O) groups excluding carboxylic acids is 1. The molecule has 0 aliphatic heterocycles. The van der Waals surface area contributed by atoms with E-state index in [1.54, 1.807) is 6.20 Å². The van der Waals surface area contributed by atoms with Crippen LogP contribution in [-0.4, -0.2) is 11.3 Å². The molecule has 1 heterocycles. The lowest BCUT2D eigenvalue weighted by Gasteiger charge is -2.11. The van der Waals surface area contributed by atoms with E-state index in [-0.39, 0.29) is 0 Å². The smallest absolute Gasteiger partial charge is 0.151 e. The van der Waals surface area contributed by atoms with Crippen molar-refractivity contribution in [3.05, 3.63) is 64.0 Å². The highest BCUT2D eigenvalue weighted by molar-refractivity contribution is 5.74. The minimum atomic E-state index is 0.634. The SMILES string of the molecule is Cc1cc(C)c(Cc2cncc(C=O)c2)c(C)c1. The summed E-state index contributed by atoms with van der Waals surface area (Å²) in [4.78, 5) is 14.8. The Bertz CT molecular complexity index is 564. The first-order valence-corrected chi connectivity index (χ1v) is 6.06. The number of benzene rings is 1. The maximum Gasteiger partial charge on any atom is 0.151 e. The molecule has 2 aromatic rings. The Morgan fingerprint density at radius 3 is 2.33 bits per heavy atom. The fraction of sp³-hybridized carbons (Fsp3) is 0.250. The topological polar surface area (TPSA) is 30.0 Å². The van der Waals surface area contributed by atoms with Gasteiger partial charge >= 0.3 is 0 Å². The number of nitrogens with zero attached hydrogens (tertiary/aromatic N) is 1. The second kappa shape index (κ2) is 5.13. The van der Waals surface area contributed by atoms with E-state index < -0.39 is 0 Å². The fourth-order valence-electron chi connectivity index (χ4n) is 2.36. The third-order valence-electron chi connectivity index (χ3n) is 3.17. The second-order valence-corrected chi connectivity index (χ2v) is 4.80. The van der Waals surface area contributed by atoms with Crippen LogP contribution >= 0.6 is 0 Å². The van der Waals surface area contributed by atoms with Crippen LogP contribution in [0.2, 0.25) is 0 Å². The van der Waals surface area contributed by atoms with Crippen LogP contribution in [0.5, 0.6) is 0 Å². The summed E-state index contributed by atoms with van der Waals surface area (Å²) in [5.74, 6) is 0. The van der Waals surface area contributed by atoms with Gasteiger partial charge in [-0.2, -0.15) is 0 Å². The van der Waals surface area contributed by atoms with E-state index in [9.17, 15) is 4.79 Å². The third-order valence-corrected chi connectivity index (χ3v) is 3.17. The van der Waals surface area contributed by atoms with Crippen molar-refractivity contribution in [2.45, 2.75) is 27.2 Å². The zero-order valence-electron chi connectivity index (χ0n) is 11.0. The summed E-state index contributed by atoms with van der Waals surface area (Å²) in [6, 6.07) is 6.29. The minimum Gasteiger partial charge on any atom is -0.298 e. The average Bonchev–Trinajstić information content (AvgIpc) is 2.34. The summed E-state index contributed by atoms with van der Waals surface area (Å²) >= 11 is 0. The van der Waals surface area contributed by atoms with E-state index in [1.807, 2.05) is 12.3 Å². The molecule has 0 amide bonds. The van der Waals surface area contributed by atoms with Gasteiger partial charge in [0.25, 0.3) is 0 Å². The molecule has 0 atom stereocenters. The summed E-state index contributed by atoms with van der Waals surface area (Å²) in [7, 11) is 0. The lowest BCUT2D eigenvalue weighted by Crippen LogP contribution is -1.98. The van der Waals surface area contributed by atoms with Crippen molar-refractivity contribution in [1.82, 2.24) is 4.98 Å². The van der Waals surface area contributed by atoms with Crippen molar-refractivity contribution < 1.29 is 4.79 Å². The van der Waals surface area contributed by atoms with E-state index in [2.05, 4.69) is 37.9 Å². The molecule has 2 rings (SSSR count). The van der Waals surface area contributed by atoms with E-state index in [0.717, 1.165) is 18.3 Å². The number of rotatable bonds is 3. The van der Waals surface area contributed by atoms with Gasteiger partial charge in [-0.05, 0) is 55.5 Å². The van der Waals surface area contributed by atoms with Gasteiger partial charge < -0.3 is 0 Å². The van der Waals surface area contributed by atoms with E-state index in [4.69, 9.17) is 0 Å². The van der Waals surface area contributed by atoms with E-state index >= 15 is 0 Å². The number of aldehydes is 1. The van der Waals surface area contributed by atoms with Gasteiger partial charge in [0.2, 0.25) is 0 Å². The molecule has 0 N–H and O–H groups in total. The Labute approximate surface area is 108 Å². The molecule has 0 aliphatic carbocycles. The Kier molecular flexibility index (Phi) is 3.56. The highest BCUT2D eigenvalue weighted by Gasteiger charge is 2.06. The van der Waals surface area contributed by atoms with Gasteiger partial charge in [-0.1, -0.05) is 17.7 Å². The number of aromatic nitrogens is 1. The molecule has 1 aromatic heterocycles. The first-order chi connectivity index (χ1) is 8.60. The third kappa shape index (κ3) is 2.65. The molecular weight excluding hydrogens is 222 g/mol. The van der Waals surface area contributed by atoms with Gasteiger partial charge in [-0.3, -0.25) is 9.78 Å². The zero-order chi connectivity index (χ0) is 13.1. The zero-order valence-corrected chi connectivity index (χ0v) is 11.0. The van der Waals surface area contributed by atoms with Crippen LogP contribution in [0, 0.1) is 20.8 Å². The molecule has 0 fully saturated rings. The number of aryl methyl sites for hydroxylation is 3. The molecule has 2 heteroatoms. The van der Waals surface area contributed by atoms with Gasteiger partial charge in [0, 0.05) is 18.0 Å². The fourth-order valence-corrected chi connectivity index (χ4v) is 2.36. The number of carbonyl (C=O) groups is 1. The molecule has 0 radical (unpaired) electrons. The van der Waals surface area contributed by atoms with Crippen LogP contribution in [0.1, 0.15) is 38.2 Å². The van der Waals surface area contributed by atoms with Crippen LogP contribution in [-0.2, 0) is 6.42 Å². The van der Waals surface area contributed by atoms with Crippen molar-refractivity contribution in [3.63, 3.8) is 0 Å². The Morgan fingerprint density at radius 2 is 1.72 bits per heavy atom. The van der Waals surface area contributed by atoms with Gasteiger partial charge in [0.05, 0.1) is 0 Å². The van der Waals surface area contributed by atoms with Gasteiger partial charge in [0.1, 0.15) is 0 Å². The molecule has 18 heavy (non-hydrogen) atoms. The summed E-state index contributed by atoms with van der Waals surface area (Å²) in [5, 5.41) is 0. The summed E-state index contributed by atoms with van der Waals surface area (Å²) in [6.45, 7) is 6.37. The molecule has 1 aromatic carbocycles. The maximum atomic E-state index is 10.7. The Balaban J connectivity index is 2.36. The highest BCUT2D eigenvalue weighted by atomic mass is 16.1. The van der Waals surface area contributed by atoms with Gasteiger partial charge in [-0.25, -0.2) is 0 Å². The van der Waals surface area contributed by atoms with Gasteiger partial charge in [0.15, 0.2) is 6.29 Å². The van der Waals surface area contributed by atoms with E-state index in [1.165, 1.54) is 22.3 Å². The molecule has 0 bridgehead atoms. The van der Waals surface area contributed by atoms with Crippen molar-refractivity contribution in [2.24, 2.45) is 0 Å². The molecule has 0 unspecified atom stereocenters. The molecule has 0 spiro atoms. The molecular formula is C16H17NO. The standard InChI is InChI=1S/C16H17NO/c1-11-4-12(2)16(13(3)5-11)7-14-6-15(10-18)9-17-8-14/h4-6,8-10H,7H2,1-3H3. The summed E-state index contributed by atoms with van der Waals surface area (Å²) in [6.07, 6.45) is 5.08. The maximum absolute atomic E-state index is 10.7. The van der Waals surface area contributed by atoms with Crippen molar-refractivity contribution in [3.8, 4) is 0 Å². The second-order valence-electron chi connectivity index (χ2n) is 4.80. The molecule has 92 valence electrons. The Hall–Kier alpha value is -1.96. The van der Waals surface area contributed by atoms with Crippen LogP contribution in [0.3, 0.4) is 0 Å². The summed E-state index contributed by atoms with van der Waals surface area (Å²) in [5.41, 5.74) is 6.91. The predicted octanol–water partition coefficient (Wildman–Crippen LogP) is 3.41. The summed E-state index contributed by atoms with van der Waals surface area (Å²) < 4.78 is 0. The minimum absolute atomic E-state index is 0.634. The lowest BCUT2D eigenvalue weighted by molar-refractivity contribution is 0.112. The van der Waals surface area contributed by atoms with Crippen molar-refractivity contribution in [2.75, 3.05) is 0 Å². The van der Waals surface area contributed by atoms with Crippen LogP contribution in [0.25, 0.3) is 0 Å². The van der Waals surface area contributed by atoms with Crippen LogP contribution in [0.15, 0.2) is 30.6 Å². The number of hydrogen-bond donors (Lipinski definition) is 0. The quantitative estimate of drug-likeness (QED) is 0.768. The van der Waals surface area contributed by atoms with Crippen molar-refractivity contribution >= 4 is 6.29 Å². The molecule has 2 nitrogen and oxygen atoms in total. The molecule has 0 saturated heterocycles. The molecule has 0 aliphatic rings. The average molecular weight is 239 g/mol. The first-order valence-electron chi connectivity index (χ1n) is 6.06. The number of pyridine rings is 1. The van der Waals surface area contributed by atoms with Gasteiger partial charge in [-0.15, -0.1) is 0 Å². The van der Waals surface area contributed by atoms with E-state index in [0.29, 0.717) is 5.56 Å².